The first kappa shape index (κ1) is 19.4. The summed E-state index contributed by atoms with van der Waals surface area (Å²) in [6, 6.07) is 11.1. The van der Waals surface area contributed by atoms with Gasteiger partial charge in [-0.2, -0.15) is 0 Å². The van der Waals surface area contributed by atoms with Crippen molar-refractivity contribution in [3.8, 4) is 5.75 Å². The van der Waals surface area contributed by atoms with Gasteiger partial charge in [0.25, 0.3) is 0 Å². The molecule has 27 heavy (non-hydrogen) atoms. The van der Waals surface area contributed by atoms with Crippen LogP contribution in [0.2, 0.25) is 5.02 Å². The van der Waals surface area contributed by atoms with Crippen molar-refractivity contribution < 1.29 is 23.5 Å². The SMILES string of the molecule is COc1ccc(C(=O)COC(=O)C2(c3ccc(Cl)cc3)CCCC2)cc1F. The number of methoxy groups -OCH3 is 1. The fraction of sp³-hybridized carbons (Fsp3) is 0.333. The van der Waals surface area contributed by atoms with E-state index in [0.717, 1.165) is 24.5 Å². The molecule has 1 fully saturated rings. The molecule has 0 aliphatic heterocycles. The smallest absolute Gasteiger partial charge is 0.317 e. The van der Waals surface area contributed by atoms with Gasteiger partial charge >= 0.3 is 5.97 Å². The van der Waals surface area contributed by atoms with Gasteiger partial charge in [0.15, 0.2) is 24.0 Å². The van der Waals surface area contributed by atoms with Crippen LogP contribution in [0.3, 0.4) is 0 Å². The van der Waals surface area contributed by atoms with Gasteiger partial charge in [0.1, 0.15) is 0 Å². The van der Waals surface area contributed by atoms with Crippen LogP contribution in [0.25, 0.3) is 0 Å². The number of ether oxygens (including phenoxy) is 2. The summed E-state index contributed by atoms with van der Waals surface area (Å²) in [5.74, 6) is -1.47. The van der Waals surface area contributed by atoms with Crippen LogP contribution in [0.4, 0.5) is 4.39 Å². The van der Waals surface area contributed by atoms with E-state index in [4.69, 9.17) is 21.1 Å². The largest absolute Gasteiger partial charge is 0.494 e. The second-order valence-corrected chi connectivity index (χ2v) is 7.08. The fourth-order valence-electron chi connectivity index (χ4n) is 3.55. The van der Waals surface area contributed by atoms with E-state index in [1.54, 1.807) is 12.1 Å². The molecule has 2 aromatic carbocycles. The van der Waals surface area contributed by atoms with Gasteiger partial charge in [-0.3, -0.25) is 9.59 Å². The van der Waals surface area contributed by atoms with Crippen molar-refractivity contribution in [2.45, 2.75) is 31.1 Å². The Hall–Kier alpha value is -2.40. The second-order valence-electron chi connectivity index (χ2n) is 6.64. The van der Waals surface area contributed by atoms with Gasteiger partial charge in [-0.1, -0.05) is 36.6 Å². The van der Waals surface area contributed by atoms with Gasteiger partial charge < -0.3 is 9.47 Å². The van der Waals surface area contributed by atoms with Gasteiger partial charge in [0.05, 0.1) is 12.5 Å². The van der Waals surface area contributed by atoms with Crippen molar-refractivity contribution >= 4 is 23.4 Å². The molecule has 1 aliphatic rings. The molecule has 4 nitrogen and oxygen atoms in total. The third-order valence-electron chi connectivity index (χ3n) is 5.05. The Labute approximate surface area is 162 Å². The normalized spacial score (nSPS) is 15.4. The fourth-order valence-corrected chi connectivity index (χ4v) is 3.68. The van der Waals surface area contributed by atoms with E-state index < -0.39 is 29.6 Å². The van der Waals surface area contributed by atoms with Crippen molar-refractivity contribution in [1.82, 2.24) is 0 Å². The number of hydrogen-bond acceptors (Lipinski definition) is 4. The lowest BCUT2D eigenvalue weighted by Gasteiger charge is -2.27. The molecule has 1 aliphatic carbocycles. The van der Waals surface area contributed by atoms with Crippen LogP contribution in [0.15, 0.2) is 42.5 Å². The molecule has 1 saturated carbocycles. The number of rotatable bonds is 6. The number of Topliss-reactive ketones (excluding diaryl/α,β-unsaturated/α-hetero) is 1. The zero-order valence-corrected chi connectivity index (χ0v) is 15.7. The zero-order valence-electron chi connectivity index (χ0n) is 15.0. The van der Waals surface area contributed by atoms with Crippen molar-refractivity contribution in [2.24, 2.45) is 0 Å². The van der Waals surface area contributed by atoms with Gasteiger partial charge in [0, 0.05) is 10.6 Å². The Morgan fingerprint density at radius 1 is 1.11 bits per heavy atom. The number of ketones is 1. The number of esters is 1. The highest BCUT2D eigenvalue weighted by molar-refractivity contribution is 6.30. The Kier molecular flexibility index (Phi) is 5.80. The molecule has 2 aromatic rings. The minimum absolute atomic E-state index is 0.0520. The number of benzene rings is 2. The van der Waals surface area contributed by atoms with E-state index in [2.05, 4.69) is 0 Å². The molecule has 142 valence electrons. The van der Waals surface area contributed by atoms with Gasteiger partial charge in [-0.05, 0) is 48.7 Å². The predicted octanol–water partition coefficient (Wildman–Crippen LogP) is 4.73. The van der Waals surface area contributed by atoms with E-state index >= 15 is 0 Å². The van der Waals surface area contributed by atoms with Crippen LogP contribution in [-0.4, -0.2) is 25.5 Å². The maximum atomic E-state index is 13.8. The highest BCUT2D eigenvalue weighted by atomic mass is 35.5. The zero-order chi connectivity index (χ0) is 19.4. The summed E-state index contributed by atoms with van der Waals surface area (Å²) >= 11 is 5.95. The minimum Gasteiger partial charge on any atom is -0.494 e. The molecule has 0 saturated heterocycles. The lowest BCUT2D eigenvalue weighted by atomic mass is 9.79. The maximum absolute atomic E-state index is 13.8. The molecular weight excluding hydrogens is 371 g/mol. The molecule has 0 bridgehead atoms. The third-order valence-corrected chi connectivity index (χ3v) is 5.30. The van der Waals surface area contributed by atoms with Crippen molar-refractivity contribution in [1.29, 1.82) is 0 Å². The Morgan fingerprint density at radius 2 is 1.78 bits per heavy atom. The highest BCUT2D eigenvalue weighted by Gasteiger charge is 2.44. The molecule has 0 spiro atoms. The van der Waals surface area contributed by atoms with Crippen LogP contribution < -0.4 is 4.74 Å². The Bertz CT molecular complexity index is 842. The lowest BCUT2D eigenvalue weighted by molar-refractivity contribution is -0.149. The first-order valence-electron chi connectivity index (χ1n) is 8.76. The average molecular weight is 391 g/mol. The lowest BCUT2D eigenvalue weighted by Crippen LogP contribution is -2.35. The molecule has 0 radical (unpaired) electrons. The monoisotopic (exact) mass is 390 g/mol. The van der Waals surface area contributed by atoms with Crippen LogP contribution in [0.5, 0.6) is 5.75 Å². The number of carbonyl (C=O) groups excluding carboxylic acids is 2. The van der Waals surface area contributed by atoms with E-state index in [1.165, 1.54) is 19.2 Å². The summed E-state index contributed by atoms with van der Waals surface area (Å²) in [6.45, 7) is -0.431. The summed E-state index contributed by atoms with van der Waals surface area (Å²) in [7, 11) is 1.35. The quantitative estimate of drug-likeness (QED) is 0.528. The van der Waals surface area contributed by atoms with Crippen molar-refractivity contribution in [2.75, 3.05) is 13.7 Å². The highest BCUT2D eigenvalue weighted by Crippen LogP contribution is 2.42. The maximum Gasteiger partial charge on any atom is 0.317 e. The molecule has 6 heteroatoms. The van der Waals surface area contributed by atoms with E-state index in [0.29, 0.717) is 17.9 Å². The van der Waals surface area contributed by atoms with E-state index in [1.807, 2.05) is 12.1 Å². The molecule has 0 N–H and O–H groups in total. The van der Waals surface area contributed by atoms with Crippen LogP contribution in [0, 0.1) is 5.82 Å². The minimum atomic E-state index is -0.754. The van der Waals surface area contributed by atoms with Crippen LogP contribution in [-0.2, 0) is 14.9 Å². The third kappa shape index (κ3) is 3.98. The van der Waals surface area contributed by atoms with Gasteiger partial charge in [-0.25, -0.2) is 4.39 Å². The average Bonchev–Trinajstić information content (AvgIpc) is 3.17. The molecule has 0 aromatic heterocycles. The van der Waals surface area contributed by atoms with Gasteiger partial charge in [0.2, 0.25) is 0 Å². The number of hydrogen-bond donors (Lipinski definition) is 0. The standard InChI is InChI=1S/C21H20ClFO4/c1-26-19-9-4-14(12-17(19)23)18(24)13-27-20(25)21(10-2-3-11-21)15-5-7-16(22)8-6-15/h4-9,12H,2-3,10-11,13H2,1H3. The Morgan fingerprint density at radius 3 is 2.37 bits per heavy atom. The number of halogens is 2. The first-order chi connectivity index (χ1) is 13.0. The summed E-state index contributed by atoms with van der Waals surface area (Å²) in [4.78, 5) is 25.2. The summed E-state index contributed by atoms with van der Waals surface area (Å²) < 4.78 is 24.0. The molecule has 0 unspecified atom stereocenters. The topological polar surface area (TPSA) is 52.6 Å². The van der Waals surface area contributed by atoms with Crippen LogP contribution >= 0.6 is 11.6 Å². The summed E-state index contributed by atoms with van der Waals surface area (Å²) in [5.41, 5.74) is 0.223. The molecular formula is C21H20ClFO4. The van der Waals surface area contributed by atoms with Crippen molar-refractivity contribution in [3.63, 3.8) is 0 Å². The Balaban J connectivity index is 1.72. The van der Waals surface area contributed by atoms with Crippen molar-refractivity contribution in [3.05, 3.63) is 64.4 Å². The van der Waals surface area contributed by atoms with Gasteiger partial charge in [-0.15, -0.1) is 0 Å². The molecule has 0 atom stereocenters. The second kappa shape index (κ2) is 8.09. The van der Waals surface area contributed by atoms with E-state index in [9.17, 15) is 14.0 Å². The first-order valence-corrected chi connectivity index (χ1v) is 9.14. The predicted molar refractivity (Wildman–Crippen MR) is 99.8 cm³/mol. The molecule has 0 heterocycles. The summed E-state index contributed by atoms with van der Waals surface area (Å²) in [5, 5.41) is 0.594. The summed E-state index contributed by atoms with van der Waals surface area (Å²) in [6.07, 6.45) is 3.16. The number of carbonyl (C=O) groups is 2. The molecule has 0 amide bonds. The van der Waals surface area contributed by atoms with Crippen LogP contribution in [0.1, 0.15) is 41.6 Å². The molecule has 3 rings (SSSR count). The van der Waals surface area contributed by atoms with E-state index in [-0.39, 0.29) is 11.3 Å².